The third kappa shape index (κ3) is 1.90. The lowest BCUT2D eigenvalue weighted by atomic mass is 9.98. The molecule has 0 heterocycles. The van der Waals surface area contributed by atoms with Gasteiger partial charge >= 0.3 is 5.97 Å². The number of carbonyl (C=O) groups is 2. The van der Waals surface area contributed by atoms with Gasteiger partial charge in [-0.3, -0.25) is 9.59 Å². The molecule has 0 aromatic heterocycles. The van der Waals surface area contributed by atoms with E-state index in [2.05, 4.69) is 19.1 Å². The van der Waals surface area contributed by atoms with Gasteiger partial charge in [0.1, 0.15) is 5.41 Å². The molecular formula is C15H22O3. The molecule has 100 valence electrons. The number of Topliss-reactive ketones (excluding diaryl/α,β-unsaturated/α-hetero) is 1. The summed E-state index contributed by atoms with van der Waals surface area (Å²) >= 11 is 0. The molecule has 0 bridgehead atoms. The molecule has 0 aromatic rings. The van der Waals surface area contributed by atoms with Crippen molar-refractivity contribution in [1.29, 1.82) is 0 Å². The van der Waals surface area contributed by atoms with Crippen LogP contribution in [0.15, 0.2) is 12.2 Å². The van der Waals surface area contributed by atoms with Gasteiger partial charge in [-0.05, 0) is 25.2 Å². The maximum Gasteiger partial charge on any atom is 0.320 e. The number of rotatable bonds is 6. The number of unbranched alkanes of at least 4 members (excludes halogenated alkanes) is 3. The highest BCUT2D eigenvalue weighted by molar-refractivity contribution is 6.10. The molecule has 0 spiro atoms. The number of fused-ring (bicyclic) bond motifs is 1. The lowest BCUT2D eigenvalue weighted by Crippen LogP contribution is -2.27. The highest BCUT2D eigenvalue weighted by atomic mass is 16.5. The molecule has 2 rings (SSSR count). The Morgan fingerprint density at radius 3 is 2.94 bits per heavy atom. The highest BCUT2D eigenvalue weighted by Crippen LogP contribution is 2.67. The number of ketones is 1. The molecule has 0 amide bonds. The zero-order valence-corrected chi connectivity index (χ0v) is 11.3. The van der Waals surface area contributed by atoms with Crippen LogP contribution in [0, 0.1) is 17.3 Å². The van der Waals surface area contributed by atoms with Crippen LogP contribution in [0.4, 0.5) is 0 Å². The smallest absolute Gasteiger partial charge is 0.320 e. The molecule has 0 radical (unpaired) electrons. The van der Waals surface area contributed by atoms with Crippen molar-refractivity contribution in [3.63, 3.8) is 0 Å². The van der Waals surface area contributed by atoms with Gasteiger partial charge in [0.05, 0.1) is 7.11 Å². The zero-order valence-electron chi connectivity index (χ0n) is 11.3. The van der Waals surface area contributed by atoms with E-state index in [9.17, 15) is 9.59 Å². The van der Waals surface area contributed by atoms with E-state index in [1.54, 1.807) is 0 Å². The molecule has 2 saturated carbocycles. The Kier molecular flexibility index (Phi) is 3.88. The van der Waals surface area contributed by atoms with Crippen molar-refractivity contribution < 1.29 is 14.3 Å². The second-order valence-electron chi connectivity index (χ2n) is 5.38. The van der Waals surface area contributed by atoms with Crippen LogP contribution in [0.25, 0.3) is 0 Å². The van der Waals surface area contributed by atoms with Crippen LogP contribution in [0.2, 0.25) is 0 Å². The van der Waals surface area contributed by atoms with E-state index >= 15 is 0 Å². The Balaban J connectivity index is 1.96. The Labute approximate surface area is 109 Å². The van der Waals surface area contributed by atoms with Crippen LogP contribution in [0.3, 0.4) is 0 Å². The molecule has 0 aromatic carbocycles. The summed E-state index contributed by atoms with van der Waals surface area (Å²) in [6.45, 7) is 2.18. The Bertz CT molecular complexity index is 372. The van der Waals surface area contributed by atoms with Gasteiger partial charge in [-0.15, -0.1) is 0 Å². The van der Waals surface area contributed by atoms with Gasteiger partial charge in [0, 0.05) is 12.3 Å². The fraction of sp³-hybridized carbons (Fsp3) is 0.733. The second kappa shape index (κ2) is 5.25. The van der Waals surface area contributed by atoms with Crippen molar-refractivity contribution in [3.05, 3.63) is 12.2 Å². The fourth-order valence-corrected chi connectivity index (χ4v) is 3.39. The summed E-state index contributed by atoms with van der Waals surface area (Å²) in [5.41, 5.74) is -0.796. The summed E-state index contributed by atoms with van der Waals surface area (Å²) in [5.74, 6) is 0.0773. The highest BCUT2D eigenvalue weighted by Gasteiger charge is 2.76. The lowest BCUT2D eigenvalue weighted by molar-refractivity contribution is -0.151. The molecule has 0 aliphatic heterocycles. The van der Waals surface area contributed by atoms with Crippen LogP contribution in [-0.4, -0.2) is 18.9 Å². The summed E-state index contributed by atoms with van der Waals surface area (Å²) in [7, 11) is 1.38. The third-order valence-electron chi connectivity index (χ3n) is 4.42. The molecule has 3 atom stereocenters. The number of hydrogen-bond acceptors (Lipinski definition) is 3. The number of ether oxygens (including phenoxy) is 1. The van der Waals surface area contributed by atoms with Gasteiger partial charge in [-0.1, -0.05) is 31.9 Å². The van der Waals surface area contributed by atoms with Crippen molar-refractivity contribution in [3.8, 4) is 0 Å². The first-order valence-corrected chi connectivity index (χ1v) is 6.98. The zero-order chi connectivity index (χ0) is 13.2. The van der Waals surface area contributed by atoms with Crippen molar-refractivity contribution in [1.82, 2.24) is 0 Å². The Morgan fingerprint density at radius 1 is 1.50 bits per heavy atom. The Morgan fingerprint density at radius 2 is 2.28 bits per heavy atom. The summed E-state index contributed by atoms with van der Waals surface area (Å²) in [5, 5.41) is 0. The van der Waals surface area contributed by atoms with Crippen molar-refractivity contribution in [2.24, 2.45) is 17.3 Å². The third-order valence-corrected chi connectivity index (χ3v) is 4.42. The van der Waals surface area contributed by atoms with Gasteiger partial charge < -0.3 is 4.74 Å². The van der Waals surface area contributed by atoms with E-state index < -0.39 is 5.41 Å². The minimum atomic E-state index is -0.796. The van der Waals surface area contributed by atoms with E-state index in [1.807, 2.05) is 0 Å². The van der Waals surface area contributed by atoms with Crippen LogP contribution in [-0.2, 0) is 14.3 Å². The predicted molar refractivity (Wildman–Crippen MR) is 69.0 cm³/mol. The molecule has 0 N–H and O–H groups in total. The summed E-state index contributed by atoms with van der Waals surface area (Å²) in [6, 6.07) is 0. The maximum atomic E-state index is 11.9. The minimum Gasteiger partial charge on any atom is -0.468 e. The number of esters is 1. The normalized spacial score (nSPS) is 33.8. The molecule has 0 unspecified atom stereocenters. The SMILES string of the molecule is CCCCC/C=C/[C@H]1[C@@H]2CCC(=O)[C@]12C(=O)OC. The predicted octanol–water partition coefficient (Wildman–Crippen LogP) is 2.89. The number of methoxy groups -OCH3 is 1. The van der Waals surface area contributed by atoms with E-state index in [-0.39, 0.29) is 23.6 Å². The fourth-order valence-electron chi connectivity index (χ4n) is 3.39. The lowest BCUT2D eigenvalue weighted by Gasteiger charge is -2.09. The average Bonchev–Trinajstić information content (AvgIpc) is 2.90. The monoisotopic (exact) mass is 250 g/mol. The number of hydrogen-bond donors (Lipinski definition) is 0. The van der Waals surface area contributed by atoms with Crippen LogP contribution >= 0.6 is 0 Å². The summed E-state index contributed by atoms with van der Waals surface area (Å²) < 4.78 is 4.83. The quantitative estimate of drug-likeness (QED) is 0.315. The molecule has 2 fully saturated rings. The number of carbonyl (C=O) groups excluding carboxylic acids is 2. The Hall–Kier alpha value is -1.12. The van der Waals surface area contributed by atoms with Gasteiger partial charge in [0.15, 0.2) is 5.78 Å². The van der Waals surface area contributed by atoms with Crippen molar-refractivity contribution in [2.45, 2.75) is 45.4 Å². The van der Waals surface area contributed by atoms with Crippen molar-refractivity contribution >= 4 is 11.8 Å². The molecule has 3 heteroatoms. The molecular weight excluding hydrogens is 228 g/mol. The average molecular weight is 250 g/mol. The minimum absolute atomic E-state index is 0.0857. The molecule has 2 aliphatic carbocycles. The van der Waals surface area contributed by atoms with E-state index in [0.717, 1.165) is 12.8 Å². The topological polar surface area (TPSA) is 43.4 Å². The standard InChI is InChI=1S/C15H22O3/c1-3-4-5-6-7-8-11-12-9-10-13(16)15(11,12)14(17)18-2/h7-8,11-12H,3-6,9-10H2,1-2H3/b8-7+/t11-,12-,15-/m0/s1. The molecule has 3 nitrogen and oxygen atoms in total. The summed E-state index contributed by atoms with van der Waals surface area (Å²) in [6.07, 6.45) is 10.3. The van der Waals surface area contributed by atoms with E-state index in [4.69, 9.17) is 4.74 Å². The maximum absolute atomic E-state index is 11.9. The van der Waals surface area contributed by atoms with E-state index in [1.165, 1.54) is 26.4 Å². The second-order valence-corrected chi connectivity index (χ2v) is 5.38. The van der Waals surface area contributed by atoms with Crippen LogP contribution in [0.5, 0.6) is 0 Å². The number of allylic oxidation sites excluding steroid dienone is 2. The van der Waals surface area contributed by atoms with Gasteiger partial charge in [0.25, 0.3) is 0 Å². The van der Waals surface area contributed by atoms with Gasteiger partial charge in [-0.25, -0.2) is 0 Å². The first-order valence-electron chi connectivity index (χ1n) is 6.98. The van der Waals surface area contributed by atoms with E-state index in [0.29, 0.717) is 6.42 Å². The molecule has 18 heavy (non-hydrogen) atoms. The summed E-state index contributed by atoms with van der Waals surface area (Å²) in [4.78, 5) is 23.8. The largest absolute Gasteiger partial charge is 0.468 e. The van der Waals surface area contributed by atoms with Gasteiger partial charge in [0.2, 0.25) is 0 Å². The van der Waals surface area contributed by atoms with Crippen molar-refractivity contribution in [2.75, 3.05) is 7.11 Å². The van der Waals surface area contributed by atoms with Crippen LogP contribution in [0.1, 0.15) is 45.4 Å². The van der Waals surface area contributed by atoms with Gasteiger partial charge in [-0.2, -0.15) is 0 Å². The van der Waals surface area contributed by atoms with Crippen LogP contribution < -0.4 is 0 Å². The first kappa shape index (κ1) is 13.3. The molecule has 0 saturated heterocycles. The molecule has 2 aliphatic rings. The first-order chi connectivity index (χ1) is 8.69.